The van der Waals surface area contributed by atoms with E-state index in [2.05, 4.69) is 27.1 Å². The minimum absolute atomic E-state index is 0. The van der Waals surface area contributed by atoms with E-state index >= 15 is 0 Å². The van der Waals surface area contributed by atoms with E-state index in [0.717, 1.165) is 51.0 Å². The van der Waals surface area contributed by atoms with Gasteiger partial charge in [0, 0.05) is 49.6 Å². The molecule has 3 rings (SSSR count). The van der Waals surface area contributed by atoms with Crippen molar-refractivity contribution in [3.05, 3.63) is 62.3 Å². The van der Waals surface area contributed by atoms with E-state index in [1.165, 1.54) is 17.0 Å². The zero-order valence-corrected chi connectivity index (χ0v) is 20.4. The second-order valence-corrected chi connectivity index (χ2v) is 8.14. The molecule has 1 aromatic carbocycles. The van der Waals surface area contributed by atoms with Gasteiger partial charge in [-0.25, -0.2) is 4.99 Å². The van der Waals surface area contributed by atoms with Crippen molar-refractivity contribution in [2.75, 3.05) is 26.2 Å². The Kier molecular flexibility index (Phi) is 10.7. The van der Waals surface area contributed by atoms with E-state index in [9.17, 15) is 14.9 Å². The van der Waals surface area contributed by atoms with Crippen LogP contribution in [0.25, 0.3) is 0 Å². The van der Waals surface area contributed by atoms with Gasteiger partial charge in [0.05, 0.1) is 11.5 Å². The number of aliphatic imine (C=N–C) groups is 1. The highest BCUT2D eigenvalue weighted by molar-refractivity contribution is 14.0. The van der Waals surface area contributed by atoms with Gasteiger partial charge in [-0.05, 0) is 36.3 Å². The number of nitrogens with zero attached hydrogens (tertiary/aromatic N) is 3. The number of benzene rings is 1. The van der Waals surface area contributed by atoms with Gasteiger partial charge >= 0.3 is 0 Å². The van der Waals surface area contributed by atoms with Gasteiger partial charge in [0.2, 0.25) is 5.91 Å². The maximum Gasteiger partial charge on any atom is 0.269 e. The maximum atomic E-state index is 11.7. The average Bonchev–Trinajstić information content (AvgIpc) is 3.41. The first-order chi connectivity index (χ1) is 14.6. The third-order valence-corrected chi connectivity index (χ3v) is 5.82. The molecule has 168 valence electrons. The summed E-state index contributed by atoms with van der Waals surface area (Å²) >= 11 is 1.73. The Hall–Kier alpha value is -2.21. The Labute approximate surface area is 203 Å². The first kappa shape index (κ1) is 25.1. The van der Waals surface area contributed by atoms with Gasteiger partial charge in [0.15, 0.2) is 5.96 Å². The first-order valence-corrected chi connectivity index (χ1v) is 11.1. The second-order valence-electron chi connectivity index (χ2n) is 7.11. The van der Waals surface area contributed by atoms with E-state index < -0.39 is 4.92 Å². The van der Waals surface area contributed by atoms with E-state index in [0.29, 0.717) is 18.9 Å². The third-order valence-electron chi connectivity index (χ3n) is 4.88. The maximum absolute atomic E-state index is 11.7. The van der Waals surface area contributed by atoms with Crippen molar-refractivity contribution < 1.29 is 9.72 Å². The summed E-state index contributed by atoms with van der Waals surface area (Å²) in [5.41, 5.74) is 0.981. The Morgan fingerprint density at radius 3 is 2.61 bits per heavy atom. The molecular weight excluding hydrogens is 529 g/mol. The average molecular weight is 557 g/mol. The van der Waals surface area contributed by atoms with Crippen molar-refractivity contribution in [1.29, 1.82) is 0 Å². The summed E-state index contributed by atoms with van der Waals surface area (Å²) in [6.07, 6.45) is 3.39. The van der Waals surface area contributed by atoms with E-state index in [4.69, 9.17) is 0 Å². The lowest BCUT2D eigenvalue weighted by molar-refractivity contribution is -0.384. The Balaban J connectivity index is 0.00000341. The molecule has 0 bridgehead atoms. The number of carbonyl (C=O) groups excluding carboxylic acids is 1. The zero-order chi connectivity index (χ0) is 21.2. The molecule has 1 aliphatic rings. The fourth-order valence-corrected chi connectivity index (χ4v) is 3.95. The predicted molar refractivity (Wildman–Crippen MR) is 134 cm³/mol. The number of hydrogen-bond acceptors (Lipinski definition) is 5. The number of nitrogens with one attached hydrogen (secondary N) is 2. The topological polar surface area (TPSA) is 99.9 Å². The van der Waals surface area contributed by atoms with Crippen LogP contribution >= 0.6 is 35.3 Å². The number of non-ortho nitro benzene ring substituents is 1. The molecule has 0 saturated carbocycles. The second kappa shape index (κ2) is 13.3. The molecule has 0 spiro atoms. The minimum atomic E-state index is -0.405. The van der Waals surface area contributed by atoms with Gasteiger partial charge in [0.1, 0.15) is 0 Å². The summed E-state index contributed by atoms with van der Waals surface area (Å²) in [5.74, 6) is 0.953. The number of nitro groups is 1. The molecule has 2 aromatic rings. The number of hydrogen-bond donors (Lipinski definition) is 2. The van der Waals surface area contributed by atoms with Gasteiger partial charge < -0.3 is 15.5 Å². The van der Waals surface area contributed by atoms with Crippen LogP contribution in [0.4, 0.5) is 5.69 Å². The van der Waals surface area contributed by atoms with Crippen molar-refractivity contribution in [2.45, 2.75) is 32.2 Å². The first-order valence-electron chi connectivity index (χ1n) is 10.2. The molecule has 0 aliphatic carbocycles. The van der Waals surface area contributed by atoms with Crippen LogP contribution in [0.2, 0.25) is 0 Å². The highest BCUT2D eigenvalue weighted by Gasteiger charge is 2.18. The summed E-state index contributed by atoms with van der Waals surface area (Å²) < 4.78 is 0. The lowest BCUT2D eigenvalue weighted by Crippen LogP contribution is -2.40. The molecule has 1 fully saturated rings. The molecule has 2 N–H and O–H groups in total. The standard InChI is InChI=1S/C21H27N5O3S.HI/c27-20-5-1-13-25(20)14-3-11-22-21(23-12-10-19-4-2-15-30-19)24-16-17-6-8-18(9-7-17)26(28)29;/h2,4,6-9,15H,1,3,5,10-14,16H2,(H2,22,23,24);1H. The lowest BCUT2D eigenvalue weighted by Gasteiger charge is -2.17. The number of likely N-dealkylation sites (tertiary alicyclic amines) is 1. The summed E-state index contributed by atoms with van der Waals surface area (Å²) in [5, 5.41) is 19.5. The fourth-order valence-electron chi connectivity index (χ4n) is 3.24. The van der Waals surface area contributed by atoms with Crippen LogP contribution < -0.4 is 10.6 Å². The van der Waals surface area contributed by atoms with Gasteiger partial charge in [0.25, 0.3) is 5.69 Å². The molecule has 0 radical (unpaired) electrons. The van der Waals surface area contributed by atoms with Crippen LogP contribution in [0.15, 0.2) is 46.8 Å². The molecule has 1 amide bonds. The number of rotatable bonds is 10. The van der Waals surface area contributed by atoms with Crippen molar-refractivity contribution in [1.82, 2.24) is 15.5 Å². The molecule has 2 heterocycles. The molecule has 1 saturated heterocycles. The molecule has 0 unspecified atom stereocenters. The quantitative estimate of drug-likeness (QED) is 0.116. The van der Waals surface area contributed by atoms with Gasteiger partial charge in [-0.1, -0.05) is 18.2 Å². The molecule has 1 aromatic heterocycles. The van der Waals surface area contributed by atoms with E-state index in [1.807, 2.05) is 11.0 Å². The largest absolute Gasteiger partial charge is 0.356 e. The van der Waals surface area contributed by atoms with Crippen molar-refractivity contribution in [3.63, 3.8) is 0 Å². The monoisotopic (exact) mass is 557 g/mol. The molecule has 31 heavy (non-hydrogen) atoms. The molecule has 10 heteroatoms. The summed E-state index contributed by atoms with van der Waals surface area (Å²) in [6.45, 7) is 3.53. The number of guanidine groups is 1. The van der Waals surface area contributed by atoms with Crippen LogP contribution in [0.3, 0.4) is 0 Å². The summed E-state index contributed by atoms with van der Waals surface area (Å²) in [4.78, 5) is 29.9. The number of thiophene rings is 1. The molecular formula is C21H28IN5O3S. The van der Waals surface area contributed by atoms with Gasteiger partial charge in [-0.15, -0.1) is 35.3 Å². The Bertz CT molecular complexity index is 858. The summed E-state index contributed by atoms with van der Waals surface area (Å²) in [7, 11) is 0. The summed E-state index contributed by atoms with van der Waals surface area (Å²) in [6, 6.07) is 10.6. The molecule has 0 atom stereocenters. The number of amides is 1. The van der Waals surface area contributed by atoms with Crippen LogP contribution in [0.5, 0.6) is 0 Å². The predicted octanol–water partition coefficient (Wildman–Crippen LogP) is 3.56. The lowest BCUT2D eigenvalue weighted by atomic mass is 10.2. The van der Waals surface area contributed by atoms with Crippen LogP contribution in [-0.4, -0.2) is 47.9 Å². The van der Waals surface area contributed by atoms with Crippen LogP contribution in [0.1, 0.15) is 29.7 Å². The Morgan fingerprint density at radius 1 is 1.19 bits per heavy atom. The zero-order valence-electron chi connectivity index (χ0n) is 17.3. The van der Waals surface area contributed by atoms with Gasteiger partial charge in [-0.2, -0.15) is 0 Å². The van der Waals surface area contributed by atoms with E-state index in [1.54, 1.807) is 23.5 Å². The van der Waals surface area contributed by atoms with Crippen LogP contribution in [0, 0.1) is 10.1 Å². The number of nitro benzene ring substituents is 1. The van der Waals surface area contributed by atoms with Gasteiger partial charge in [-0.3, -0.25) is 14.9 Å². The molecule has 8 nitrogen and oxygen atoms in total. The smallest absolute Gasteiger partial charge is 0.269 e. The molecule has 1 aliphatic heterocycles. The fraction of sp³-hybridized carbons (Fsp3) is 0.429. The highest BCUT2D eigenvalue weighted by atomic mass is 127. The van der Waals surface area contributed by atoms with Crippen LogP contribution in [-0.2, 0) is 17.8 Å². The van der Waals surface area contributed by atoms with E-state index in [-0.39, 0.29) is 35.6 Å². The highest BCUT2D eigenvalue weighted by Crippen LogP contribution is 2.13. The van der Waals surface area contributed by atoms with Crippen molar-refractivity contribution in [3.8, 4) is 0 Å². The Morgan fingerprint density at radius 2 is 1.97 bits per heavy atom. The number of carbonyl (C=O) groups is 1. The minimum Gasteiger partial charge on any atom is -0.356 e. The SMILES string of the molecule is I.O=C1CCCN1CCCNC(=NCc1ccc([N+](=O)[O-])cc1)NCCc1cccs1. The number of halogens is 1. The van der Waals surface area contributed by atoms with Crippen molar-refractivity contribution in [2.24, 2.45) is 4.99 Å². The normalized spacial score (nSPS) is 13.7. The van der Waals surface area contributed by atoms with Crippen molar-refractivity contribution >= 4 is 52.9 Å². The third kappa shape index (κ3) is 8.44.